The molecule has 1 unspecified atom stereocenters. The SMILES string of the molecule is CC(C)[C@@H](CO)NS(=O)(=O)C1CCS(=O)(=O)C1. The fourth-order valence-corrected chi connectivity index (χ4v) is 6.12. The third-order valence-electron chi connectivity index (χ3n) is 2.95. The minimum absolute atomic E-state index is 0.0483. The smallest absolute Gasteiger partial charge is 0.215 e. The second-order valence-corrected chi connectivity index (χ2v) is 8.94. The summed E-state index contributed by atoms with van der Waals surface area (Å²) in [5.41, 5.74) is 0. The first-order valence-corrected chi connectivity index (χ1v) is 8.87. The third kappa shape index (κ3) is 3.90. The first-order valence-electron chi connectivity index (χ1n) is 5.50. The van der Waals surface area contributed by atoms with Crippen LogP contribution in [0.2, 0.25) is 0 Å². The highest BCUT2D eigenvalue weighted by Crippen LogP contribution is 2.19. The molecule has 1 aliphatic rings. The number of aliphatic hydroxyl groups excluding tert-OH is 1. The van der Waals surface area contributed by atoms with Crippen molar-refractivity contribution in [3.63, 3.8) is 0 Å². The molecule has 0 aromatic carbocycles. The lowest BCUT2D eigenvalue weighted by molar-refractivity contribution is 0.227. The van der Waals surface area contributed by atoms with E-state index >= 15 is 0 Å². The molecule has 0 bridgehead atoms. The van der Waals surface area contributed by atoms with Crippen LogP contribution in [0.5, 0.6) is 0 Å². The summed E-state index contributed by atoms with van der Waals surface area (Å²) in [4.78, 5) is 0. The molecular formula is C9H19NO5S2. The van der Waals surface area contributed by atoms with Crippen LogP contribution in [0.3, 0.4) is 0 Å². The van der Waals surface area contributed by atoms with E-state index in [1.165, 1.54) is 0 Å². The number of nitrogens with one attached hydrogen (secondary N) is 1. The summed E-state index contributed by atoms with van der Waals surface area (Å²) in [6.45, 7) is 3.28. The van der Waals surface area contributed by atoms with Gasteiger partial charge in [0.15, 0.2) is 9.84 Å². The summed E-state index contributed by atoms with van der Waals surface area (Å²) < 4.78 is 48.7. The van der Waals surface area contributed by atoms with Crippen molar-refractivity contribution in [3.05, 3.63) is 0 Å². The molecule has 6 nitrogen and oxygen atoms in total. The van der Waals surface area contributed by atoms with Gasteiger partial charge < -0.3 is 5.11 Å². The van der Waals surface area contributed by atoms with Crippen molar-refractivity contribution in [2.75, 3.05) is 18.1 Å². The zero-order valence-corrected chi connectivity index (χ0v) is 11.6. The third-order valence-corrected chi connectivity index (χ3v) is 6.84. The van der Waals surface area contributed by atoms with Gasteiger partial charge in [0.05, 0.1) is 23.4 Å². The van der Waals surface area contributed by atoms with Gasteiger partial charge in [-0.25, -0.2) is 21.6 Å². The van der Waals surface area contributed by atoms with Crippen LogP contribution < -0.4 is 4.72 Å². The summed E-state index contributed by atoms with van der Waals surface area (Å²) in [5.74, 6) is -0.449. The molecule has 0 aromatic rings. The largest absolute Gasteiger partial charge is 0.395 e. The molecule has 17 heavy (non-hydrogen) atoms. The van der Waals surface area contributed by atoms with Crippen molar-refractivity contribution >= 4 is 19.9 Å². The van der Waals surface area contributed by atoms with Crippen LogP contribution in [-0.2, 0) is 19.9 Å². The summed E-state index contributed by atoms with van der Waals surface area (Å²) in [6, 6.07) is -0.566. The molecule has 8 heteroatoms. The van der Waals surface area contributed by atoms with E-state index in [1.807, 2.05) is 0 Å². The van der Waals surface area contributed by atoms with Gasteiger partial charge in [-0.1, -0.05) is 13.8 Å². The van der Waals surface area contributed by atoms with Crippen molar-refractivity contribution in [1.82, 2.24) is 4.72 Å². The molecule has 1 rings (SSSR count). The molecule has 1 aliphatic heterocycles. The van der Waals surface area contributed by atoms with E-state index < -0.39 is 31.2 Å². The Balaban J connectivity index is 2.76. The van der Waals surface area contributed by atoms with Crippen molar-refractivity contribution in [1.29, 1.82) is 0 Å². The van der Waals surface area contributed by atoms with Gasteiger partial charge in [-0.3, -0.25) is 0 Å². The van der Waals surface area contributed by atoms with Crippen molar-refractivity contribution in [2.45, 2.75) is 31.6 Å². The van der Waals surface area contributed by atoms with E-state index in [-0.39, 0.29) is 30.5 Å². The van der Waals surface area contributed by atoms with E-state index in [4.69, 9.17) is 5.11 Å². The van der Waals surface area contributed by atoms with Gasteiger partial charge in [0, 0.05) is 6.04 Å². The summed E-state index contributed by atoms with van der Waals surface area (Å²) >= 11 is 0. The van der Waals surface area contributed by atoms with Crippen LogP contribution in [0.15, 0.2) is 0 Å². The first-order chi connectivity index (χ1) is 7.68. The zero-order valence-electron chi connectivity index (χ0n) is 9.96. The normalized spacial score (nSPS) is 26.2. The van der Waals surface area contributed by atoms with Crippen molar-refractivity contribution in [3.8, 4) is 0 Å². The summed E-state index contributed by atoms with van der Waals surface area (Å²) in [6.07, 6.45) is 0.133. The Morgan fingerprint density at radius 1 is 1.41 bits per heavy atom. The number of hydrogen-bond donors (Lipinski definition) is 2. The minimum Gasteiger partial charge on any atom is -0.395 e. The van der Waals surface area contributed by atoms with E-state index in [0.717, 1.165) is 0 Å². The minimum atomic E-state index is -3.68. The van der Waals surface area contributed by atoms with Crippen LogP contribution in [0.25, 0.3) is 0 Å². The Morgan fingerprint density at radius 3 is 2.35 bits per heavy atom. The Bertz CT molecular complexity index is 454. The molecule has 0 amide bonds. The molecule has 0 aliphatic carbocycles. The van der Waals surface area contributed by atoms with Gasteiger partial charge in [0.1, 0.15) is 0 Å². The fraction of sp³-hybridized carbons (Fsp3) is 1.00. The molecule has 0 saturated carbocycles. The van der Waals surface area contributed by atoms with Crippen LogP contribution in [-0.4, -0.2) is 51.3 Å². The molecule has 0 radical (unpaired) electrons. The predicted molar refractivity (Wildman–Crippen MR) is 64.8 cm³/mol. The van der Waals surface area contributed by atoms with E-state index in [9.17, 15) is 16.8 Å². The first kappa shape index (κ1) is 14.9. The molecule has 0 spiro atoms. The van der Waals surface area contributed by atoms with Crippen molar-refractivity contribution < 1.29 is 21.9 Å². The number of hydrogen-bond acceptors (Lipinski definition) is 5. The molecular weight excluding hydrogens is 266 g/mol. The van der Waals surface area contributed by atoms with E-state index in [2.05, 4.69) is 4.72 Å². The van der Waals surface area contributed by atoms with Crippen LogP contribution in [0, 0.1) is 5.92 Å². The van der Waals surface area contributed by atoms with Gasteiger partial charge in [-0.2, -0.15) is 0 Å². The summed E-state index contributed by atoms with van der Waals surface area (Å²) in [5, 5.41) is 8.17. The monoisotopic (exact) mass is 285 g/mol. The Labute approximate surface area is 102 Å². The lowest BCUT2D eigenvalue weighted by Crippen LogP contribution is -2.45. The molecule has 0 aromatic heterocycles. The standard InChI is InChI=1S/C9H19NO5S2/c1-7(2)9(5-11)10-17(14,15)8-3-4-16(12,13)6-8/h7-11H,3-6H2,1-2H3/t8?,9-/m1/s1. The highest BCUT2D eigenvalue weighted by Gasteiger charge is 2.38. The highest BCUT2D eigenvalue weighted by atomic mass is 32.2. The molecule has 1 saturated heterocycles. The average molecular weight is 285 g/mol. The maximum absolute atomic E-state index is 11.9. The zero-order chi connectivity index (χ0) is 13.3. The number of sulfonamides is 1. The van der Waals surface area contributed by atoms with Gasteiger partial charge in [0.25, 0.3) is 0 Å². The van der Waals surface area contributed by atoms with Gasteiger partial charge in [0.2, 0.25) is 10.0 Å². The predicted octanol–water partition coefficient (Wildman–Crippen LogP) is -0.890. The maximum Gasteiger partial charge on any atom is 0.215 e. The average Bonchev–Trinajstić information content (AvgIpc) is 2.55. The molecule has 1 heterocycles. The number of rotatable bonds is 5. The van der Waals surface area contributed by atoms with Gasteiger partial charge in [-0.05, 0) is 12.3 Å². The van der Waals surface area contributed by atoms with Gasteiger partial charge in [-0.15, -0.1) is 0 Å². The summed E-state index contributed by atoms with van der Waals surface area (Å²) in [7, 11) is -6.90. The van der Waals surface area contributed by atoms with E-state index in [0.29, 0.717) is 0 Å². The lowest BCUT2D eigenvalue weighted by Gasteiger charge is -2.21. The fourth-order valence-electron chi connectivity index (χ4n) is 1.70. The van der Waals surface area contributed by atoms with E-state index in [1.54, 1.807) is 13.8 Å². The Morgan fingerprint density at radius 2 is 2.00 bits per heavy atom. The Hall–Kier alpha value is -0.180. The number of aliphatic hydroxyl groups is 1. The van der Waals surface area contributed by atoms with Crippen molar-refractivity contribution in [2.24, 2.45) is 5.92 Å². The quantitative estimate of drug-likeness (QED) is 0.682. The maximum atomic E-state index is 11.9. The molecule has 1 fully saturated rings. The number of sulfone groups is 1. The molecule has 2 N–H and O–H groups in total. The molecule has 102 valence electrons. The van der Waals surface area contributed by atoms with Crippen LogP contribution in [0.1, 0.15) is 20.3 Å². The highest BCUT2D eigenvalue weighted by molar-refractivity contribution is 7.95. The van der Waals surface area contributed by atoms with Crippen LogP contribution in [0.4, 0.5) is 0 Å². The lowest BCUT2D eigenvalue weighted by atomic mass is 10.1. The van der Waals surface area contributed by atoms with Crippen LogP contribution >= 0.6 is 0 Å². The van der Waals surface area contributed by atoms with Gasteiger partial charge >= 0.3 is 0 Å². The Kier molecular flexibility index (Phi) is 4.56. The topological polar surface area (TPSA) is 101 Å². The second kappa shape index (κ2) is 5.21. The second-order valence-electron chi connectivity index (χ2n) is 4.72. The molecule has 2 atom stereocenters.